The number of benzene rings is 3. The van der Waals surface area contributed by atoms with E-state index in [1.54, 1.807) is 0 Å². The maximum atomic E-state index is 15.3. The Hall–Kier alpha value is -4.74. The number of amides is 4. The van der Waals surface area contributed by atoms with E-state index in [1.165, 1.54) is 25.3 Å². The van der Waals surface area contributed by atoms with Gasteiger partial charge in [0.2, 0.25) is 17.6 Å². The van der Waals surface area contributed by atoms with Crippen LogP contribution in [0.1, 0.15) is 34.7 Å². The van der Waals surface area contributed by atoms with Gasteiger partial charge < -0.3 is 20.1 Å². The van der Waals surface area contributed by atoms with Crippen molar-refractivity contribution in [2.24, 2.45) is 17.8 Å². The van der Waals surface area contributed by atoms with Crippen LogP contribution < -0.4 is 14.5 Å². The number of hydrogen-bond donors (Lipinski definition) is 3. The predicted octanol–water partition coefficient (Wildman–Crippen LogP) is 6.03. The van der Waals surface area contributed by atoms with Gasteiger partial charge in [0.1, 0.15) is 17.0 Å². The van der Waals surface area contributed by atoms with Crippen LogP contribution in [0.25, 0.3) is 0 Å². The SMILES string of the molecule is COc1cc([C@H]2C3=CC[C@@H]4C(=O)N(c5ccc(C(=O)O)c(O)c5)C(=O)[C@@H]4[C@@H]3C[C@@]3(Cl)C(=O)N(c4c(F)c(F)c(F)c(F)c4F)C(=O)[C@@]23Cl)cc(Br)c1O. The summed E-state index contributed by atoms with van der Waals surface area (Å²) in [6, 6.07) is 5.42. The first-order valence-corrected chi connectivity index (χ1v) is 16.9. The third-order valence-corrected chi connectivity index (χ3v) is 12.3. The zero-order valence-electron chi connectivity index (χ0n) is 26.4. The maximum Gasteiger partial charge on any atom is 0.339 e. The van der Waals surface area contributed by atoms with Crippen LogP contribution in [-0.2, 0) is 19.2 Å². The molecule has 0 aromatic heterocycles. The van der Waals surface area contributed by atoms with Gasteiger partial charge in [0, 0.05) is 12.0 Å². The summed E-state index contributed by atoms with van der Waals surface area (Å²) >= 11 is 17.4. The molecular weight excluding hydrogens is 826 g/mol. The Morgan fingerprint density at radius 3 is 2.09 bits per heavy atom. The Balaban J connectivity index is 1.43. The summed E-state index contributed by atoms with van der Waals surface area (Å²) in [6.45, 7) is 0. The average Bonchev–Trinajstić information content (AvgIpc) is 3.45. The number of aromatic carboxylic acids is 1. The number of imide groups is 2. The number of phenolic OH excluding ortho intramolecular Hbond substituents is 1. The standard InChI is InChI=1S/C34H20BrCl2F5N2O9/c1-53-18-7-10(6-16(35)27(18)46)20-12-4-5-14-19(29(48)43(28(14)47)11-2-3-13(30(49)50)17(45)8-11)15(12)9-33(36)31(51)44(32(52)34(20,33)37)26-24(41)22(39)21(38)23(40)25(26)42/h2-4,6-8,14-15,19-20,45-46H,5,9H2,1H3,(H,49,50)/t14-,15+,19-,20-,33+,34-/m0/s1. The van der Waals surface area contributed by atoms with Gasteiger partial charge in [-0.3, -0.25) is 19.2 Å². The first kappa shape index (κ1) is 36.6. The number of nitrogens with zero attached hydrogens (tertiary/aromatic N) is 2. The zero-order valence-corrected chi connectivity index (χ0v) is 29.5. The fraction of sp³-hybridized carbons (Fsp3) is 0.265. The van der Waals surface area contributed by atoms with E-state index in [-0.39, 0.29) is 38.4 Å². The summed E-state index contributed by atoms with van der Waals surface area (Å²) in [5, 5.41) is 30.2. The number of methoxy groups -OCH3 is 1. The van der Waals surface area contributed by atoms with E-state index in [2.05, 4.69) is 15.9 Å². The monoisotopic (exact) mass is 844 g/mol. The van der Waals surface area contributed by atoms with Crippen LogP contribution >= 0.6 is 39.1 Å². The number of fused-ring (bicyclic) bond motifs is 4. The van der Waals surface area contributed by atoms with E-state index in [4.69, 9.17) is 27.9 Å². The summed E-state index contributed by atoms with van der Waals surface area (Å²) in [4.78, 5) is 63.1. The minimum Gasteiger partial charge on any atom is -0.507 e. The molecule has 11 nitrogen and oxygen atoms in total. The molecule has 3 aromatic carbocycles. The second-order valence-corrected chi connectivity index (χ2v) is 14.9. The molecule has 3 aromatic rings. The van der Waals surface area contributed by atoms with Gasteiger partial charge in [-0.05, 0) is 64.5 Å². The molecule has 4 amide bonds. The molecule has 276 valence electrons. The molecule has 2 saturated heterocycles. The summed E-state index contributed by atoms with van der Waals surface area (Å²) in [5.74, 6) is -25.9. The van der Waals surface area contributed by atoms with Crippen molar-refractivity contribution in [1.29, 1.82) is 0 Å². The van der Waals surface area contributed by atoms with Crippen LogP contribution in [0, 0.1) is 46.8 Å². The van der Waals surface area contributed by atoms with Gasteiger partial charge in [-0.2, -0.15) is 0 Å². The largest absolute Gasteiger partial charge is 0.507 e. The van der Waals surface area contributed by atoms with Gasteiger partial charge >= 0.3 is 5.97 Å². The van der Waals surface area contributed by atoms with E-state index in [9.17, 15) is 52.5 Å². The van der Waals surface area contributed by atoms with Gasteiger partial charge in [0.15, 0.2) is 44.5 Å². The molecule has 19 heteroatoms. The summed E-state index contributed by atoms with van der Waals surface area (Å²) in [5.41, 5.74) is -2.55. The number of aromatic hydroxyl groups is 2. The molecule has 6 atom stereocenters. The van der Waals surface area contributed by atoms with E-state index < -0.39 is 121 Å². The van der Waals surface area contributed by atoms with Crippen LogP contribution in [0.3, 0.4) is 0 Å². The molecule has 2 heterocycles. The van der Waals surface area contributed by atoms with Gasteiger partial charge in [0.25, 0.3) is 11.8 Å². The average molecular weight is 846 g/mol. The summed E-state index contributed by atoms with van der Waals surface area (Å²) < 4.78 is 78.7. The number of alkyl halides is 2. The quantitative estimate of drug-likeness (QED) is 0.0696. The first-order chi connectivity index (χ1) is 24.8. The van der Waals surface area contributed by atoms with Crippen LogP contribution in [0.15, 0.2) is 46.5 Å². The lowest BCUT2D eigenvalue weighted by Crippen LogP contribution is -2.60. The third kappa shape index (κ3) is 4.72. The molecule has 53 heavy (non-hydrogen) atoms. The van der Waals surface area contributed by atoms with Crippen molar-refractivity contribution in [1.82, 2.24) is 0 Å². The molecule has 0 unspecified atom stereocenters. The second kappa shape index (κ2) is 12.1. The third-order valence-electron chi connectivity index (χ3n) is 10.3. The highest BCUT2D eigenvalue weighted by atomic mass is 79.9. The van der Waals surface area contributed by atoms with E-state index >= 15 is 8.78 Å². The first-order valence-electron chi connectivity index (χ1n) is 15.3. The number of carbonyl (C=O) groups excluding carboxylic acids is 4. The number of phenols is 2. The molecule has 3 N–H and O–H groups in total. The number of anilines is 2. The maximum absolute atomic E-state index is 15.3. The van der Waals surface area contributed by atoms with Gasteiger partial charge in [0.05, 0.1) is 29.1 Å². The molecule has 2 aliphatic carbocycles. The van der Waals surface area contributed by atoms with Crippen molar-refractivity contribution in [2.45, 2.75) is 28.5 Å². The zero-order chi connectivity index (χ0) is 38.8. The van der Waals surface area contributed by atoms with Crippen LogP contribution in [0.4, 0.5) is 33.3 Å². The van der Waals surface area contributed by atoms with Crippen molar-refractivity contribution in [3.63, 3.8) is 0 Å². The minimum absolute atomic E-state index is 0.0239. The molecule has 0 spiro atoms. The van der Waals surface area contributed by atoms with E-state index in [1.807, 2.05) is 0 Å². The number of carboxylic acid groups (broad SMARTS) is 1. The van der Waals surface area contributed by atoms with Crippen molar-refractivity contribution in [2.75, 3.05) is 16.9 Å². The van der Waals surface area contributed by atoms with Crippen LogP contribution in [0.2, 0.25) is 0 Å². The van der Waals surface area contributed by atoms with Crippen LogP contribution in [0.5, 0.6) is 17.2 Å². The van der Waals surface area contributed by atoms with Gasteiger partial charge in [-0.1, -0.05) is 11.6 Å². The summed E-state index contributed by atoms with van der Waals surface area (Å²) in [7, 11) is 1.18. The van der Waals surface area contributed by atoms with E-state index in [0.717, 1.165) is 18.2 Å². The molecule has 7 rings (SSSR count). The molecule has 0 radical (unpaired) electrons. The lowest BCUT2D eigenvalue weighted by molar-refractivity contribution is -0.125. The highest BCUT2D eigenvalue weighted by Crippen LogP contribution is 2.66. The van der Waals surface area contributed by atoms with Crippen molar-refractivity contribution in [3.05, 3.63) is 86.7 Å². The Labute approximate surface area is 312 Å². The smallest absolute Gasteiger partial charge is 0.339 e. The Morgan fingerprint density at radius 2 is 1.51 bits per heavy atom. The highest BCUT2D eigenvalue weighted by Gasteiger charge is 2.77. The lowest BCUT2D eigenvalue weighted by atomic mass is 9.56. The molecular formula is C34H20BrCl2F5N2O9. The fourth-order valence-corrected chi connectivity index (χ4v) is 9.35. The molecule has 3 fully saturated rings. The lowest BCUT2D eigenvalue weighted by Gasteiger charge is -2.50. The summed E-state index contributed by atoms with van der Waals surface area (Å²) in [6.07, 6.45) is 0.503. The highest BCUT2D eigenvalue weighted by molar-refractivity contribution is 9.10. The van der Waals surface area contributed by atoms with E-state index in [0.29, 0.717) is 4.90 Å². The topological polar surface area (TPSA) is 162 Å². The van der Waals surface area contributed by atoms with Gasteiger partial charge in [-0.15, -0.1) is 23.2 Å². The number of hydrogen-bond acceptors (Lipinski definition) is 8. The predicted molar refractivity (Wildman–Crippen MR) is 176 cm³/mol. The minimum atomic E-state index is -2.81. The van der Waals surface area contributed by atoms with Crippen molar-refractivity contribution >= 4 is 80.1 Å². The normalized spacial score (nSPS) is 27.8. The molecule has 2 aliphatic heterocycles. The Kier molecular flexibility index (Phi) is 8.39. The van der Waals surface area contributed by atoms with Crippen molar-refractivity contribution < 1.29 is 66.0 Å². The number of allylic oxidation sites excluding steroid dienone is 2. The van der Waals surface area contributed by atoms with Crippen molar-refractivity contribution in [3.8, 4) is 17.2 Å². The Morgan fingerprint density at radius 1 is 0.887 bits per heavy atom. The number of carbonyl (C=O) groups is 5. The second-order valence-electron chi connectivity index (χ2n) is 12.8. The number of halogens is 8. The fourth-order valence-electron chi connectivity index (χ4n) is 7.95. The number of carboxylic acids is 1. The molecule has 4 aliphatic rings. The van der Waals surface area contributed by atoms with Crippen LogP contribution in [-0.4, -0.2) is 61.8 Å². The number of ether oxygens (including phenoxy) is 1. The molecule has 1 saturated carbocycles. The number of rotatable bonds is 5. The Bertz CT molecular complexity index is 2270. The molecule has 0 bridgehead atoms. The van der Waals surface area contributed by atoms with Gasteiger partial charge in [-0.25, -0.2) is 36.5 Å².